The second-order valence-corrected chi connectivity index (χ2v) is 4.74. The van der Waals surface area contributed by atoms with Gasteiger partial charge in [0.1, 0.15) is 0 Å². The molecule has 1 saturated carbocycles. The van der Waals surface area contributed by atoms with E-state index in [9.17, 15) is 4.79 Å². The molecule has 17 heavy (non-hydrogen) atoms. The van der Waals surface area contributed by atoms with E-state index in [-0.39, 0.29) is 6.03 Å². The predicted octanol–water partition coefficient (Wildman–Crippen LogP) is 2.48. The quantitative estimate of drug-likeness (QED) is 0.738. The first-order chi connectivity index (χ1) is 8.16. The number of anilines is 1. The lowest BCUT2D eigenvalue weighted by molar-refractivity contribution is 0.244. The average molecular weight is 236 g/mol. The van der Waals surface area contributed by atoms with Gasteiger partial charge in [0.15, 0.2) is 0 Å². The summed E-state index contributed by atoms with van der Waals surface area (Å²) in [7, 11) is 0. The van der Waals surface area contributed by atoms with E-state index >= 15 is 0 Å². The number of aromatic nitrogens is 2. The van der Waals surface area contributed by atoms with Crippen LogP contribution in [0.15, 0.2) is 0 Å². The van der Waals surface area contributed by atoms with Gasteiger partial charge in [0.05, 0.1) is 17.1 Å². The Morgan fingerprint density at radius 3 is 2.59 bits per heavy atom. The molecule has 0 bridgehead atoms. The van der Waals surface area contributed by atoms with Gasteiger partial charge in [-0.1, -0.05) is 19.3 Å². The molecule has 0 spiro atoms. The van der Waals surface area contributed by atoms with Crippen LogP contribution in [0.4, 0.5) is 10.5 Å². The first-order valence-corrected chi connectivity index (χ1v) is 6.26. The Bertz CT molecular complexity index is 374. The maximum atomic E-state index is 11.8. The van der Waals surface area contributed by atoms with E-state index in [1.165, 1.54) is 19.3 Å². The van der Waals surface area contributed by atoms with Gasteiger partial charge in [0.25, 0.3) is 0 Å². The van der Waals surface area contributed by atoms with E-state index in [0.29, 0.717) is 6.04 Å². The molecule has 0 aromatic carbocycles. The SMILES string of the molecule is Cc1n[nH]c(C)c1NC(=O)NC1CCCCC1. The van der Waals surface area contributed by atoms with Crippen LogP contribution in [0, 0.1) is 13.8 Å². The fraction of sp³-hybridized carbons (Fsp3) is 0.667. The summed E-state index contributed by atoms with van der Waals surface area (Å²) in [6.45, 7) is 3.77. The zero-order chi connectivity index (χ0) is 12.3. The Hall–Kier alpha value is -1.52. The van der Waals surface area contributed by atoms with Crippen molar-refractivity contribution in [2.75, 3.05) is 5.32 Å². The highest BCUT2D eigenvalue weighted by Gasteiger charge is 2.17. The van der Waals surface area contributed by atoms with Gasteiger partial charge in [-0.25, -0.2) is 4.79 Å². The summed E-state index contributed by atoms with van der Waals surface area (Å²) < 4.78 is 0. The van der Waals surface area contributed by atoms with E-state index in [0.717, 1.165) is 29.9 Å². The number of H-pyrrole nitrogens is 1. The van der Waals surface area contributed by atoms with Crippen molar-refractivity contribution in [2.24, 2.45) is 0 Å². The lowest BCUT2D eigenvalue weighted by Crippen LogP contribution is -2.39. The van der Waals surface area contributed by atoms with Crippen molar-refractivity contribution in [3.8, 4) is 0 Å². The standard InChI is InChI=1S/C12H20N4O/c1-8-11(9(2)16-15-8)14-12(17)13-10-6-4-3-5-7-10/h10H,3-7H2,1-2H3,(H,15,16)(H2,13,14,17). The first-order valence-electron chi connectivity index (χ1n) is 6.26. The number of rotatable bonds is 2. The van der Waals surface area contributed by atoms with E-state index in [2.05, 4.69) is 20.8 Å². The number of carbonyl (C=O) groups is 1. The highest BCUT2D eigenvalue weighted by molar-refractivity contribution is 5.90. The van der Waals surface area contributed by atoms with Crippen molar-refractivity contribution in [3.05, 3.63) is 11.4 Å². The lowest BCUT2D eigenvalue weighted by atomic mass is 9.96. The molecule has 1 heterocycles. The van der Waals surface area contributed by atoms with E-state index in [1.54, 1.807) is 0 Å². The molecule has 0 atom stereocenters. The largest absolute Gasteiger partial charge is 0.335 e. The molecule has 2 amide bonds. The Morgan fingerprint density at radius 1 is 1.29 bits per heavy atom. The molecular formula is C12H20N4O. The molecule has 5 heteroatoms. The molecule has 1 fully saturated rings. The minimum atomic E-state index is -0.121. The molecule has 0 unspecified atom stereocenters. The van der Waals surface area contributed by atoms with Crippen LogP contribution in [0.3, 0.4) is 0 Å². The van der Waals surface area contributed by atoms with E-state index in [1.807, 2.05) is 13.8 Å². The third-order valence-corrected chi connectivity index (χ3v) is 3.31. The minimum Gasteiger partial charge on any atom is -0.335 e. The molecule has 1 aliphatic carbocycles. The number of aryl methyl sites for hydroxylation is 2. The van der Waals surface area contributed by atoms with Crippen LogP contribution in [0.5, 0.6) is 0 Å². The maximum absolute atomic E-state index is 11.8. The second-order valence-electron chi connectivity index (χ2n) is 4.74. The van der Waals surface area contributed by atoms with Crippen LogP contribution in [-0.2, 0) is 0 Å². The fourth-order valence-electron chi connectivity index (χ4n) is 2.32. The summed E-state index contributed by atoms with van der Waals surface area (Å²) in [5, 5.41) is 12.8. The van der Waals surface area contributed by atoms with Crippen LogP contribution < -0.4 is 10.6 Å². The average Bonchev–Trinajstić information content (AvgIpc) is 2.62. The van der Waals surface area contributed by atoms with Crippen molar-refractivity contribution in [1.82, 2.24) is 15.5 Å². The summed E-state index contributed by atoms with van der Waals surface area (Å²) in [4.78, 5) is 11.8. The maximum Gasteiger partial charge on any atom is 0.319 e. The highest BCUT2D eigenvalue weighted by atomic mass is 16.2. The molecule has 0 saturated heterocycles. The van der Waals surface area contributed by atoms with Crippen molar-refractivity contribution in [1.29, 1.82) is 0 Å². The number of urea groups is 1. The van der Waals surface area contributed by atoms with E-state index in [4.69, 9.17) is 0 Å². The van der Waals surface area contributed by atoms with Crippen LogP contribution in [0.1, 0.15) is 43.5 Å². The van der Waals surface area contributed by atoms with Crippen molar-refractivity contribution in [2.45, 2.75) is 52.0 Å². The summed E-state index contributed by atoms with van der Waals surface area (Å²) in [6, 6.07) is 0.209. The minimum absolute atomic E-state index is 0.121. The number of hydrogen-bond acceptors (Lipinski definition) is 2. The molecule has 1 aromatic rings. The summed E-state index contributed by atoms with van der Waals surface area (Å²) in [6.07, 6.45) is 5.91. The number of amides is 2. The van der Waals surface area contributed by atoms with Crippen molar-refractivity contribution < 1.29 is 4.79 Å². The molecule has 94 valence electrons. The molecule has 2 rings (SSSR count). The van der Waals surface area contributed by atoms with Gasteiger partial charge in [-0.3, -0.25) is 5.10 Å². The zero-order valence-corrected chi connectivity index (χ0v) is 10.5. The normalized spacial score (nSPS) is 16.8. The first kappa shape index (κ1) is 12.0. The van der Waals surface area contributed by atoms with Gasteiger partial charge in [-0.2, -0.15) is 5.10 Å². The molecule has 3 N–H and O–H groups in total. The topological polar surface area (TPSA) is 69.8 Å². The number of nitrogens with zero attached hydrogens (tertiary/aromatic N) is 1. The number of carbonyl (C=O) groups excluding carboxylic acids is 1. The third-order valence-electron chi connectivity index (χ3n) is 3.31. The van der Waals surface area contributed by atoms with Gasteiger partial charge in [-0.15, -0.1) is 0 Å². The number of nitrogens with one attached hydrogen (secondary N) is 3. The second kappa shape index (κ2) is 5.21. The zero-order valence-electron chi connectivity index (χ0n) is 10.5. The Kier molecular flexibility index (Phi) is 3.66. The Labute approximate surface area is 101 Å². The molecule has 0 aliphatic heterocycles. The monoisotopic (exact) mass is 236 g/mol. The smallest absolute Gasteiger partial charge is 0.319 e. The molecular weight excluding hydrogens is 216 g/mol. The van der Waals surface area contributed by atoms with Gasteiger partial charge < -0.3 is 10.6 Å². The number of hydrogen-bond donors (Lipinski definition) is 3. The third kappa shape index (κ3) is 2.99. The number of aromatic amines is 1. The van der Waals surface area contributed by atoms with Gasteiger partial charge in [-0.05, 0) is 26.7 Å². The molecule has 0 radical (unpaired) electrons. The fourth-order valence-corrected chi connectivity index (χ4v) is 2.32. The van der Waals surface area contributed by atoms with Crippen molar-refractivity contribution in [3.63, 3.8) is 0 Å². The molecule has 1 aliphatic rings. The van der Waals surface area contributed by atoms with Crippen LogP contribution in [0.25, 0.3) is 0 Å². The van der Waals surface area contributed by atoms with Gasteiger partial charge in [0.2, 0.25) is 0 Å². The van der Waals surface area contributed by atoms with Crippen molar-refractivity contribution >= 4 is 11.7 Å². The van der Waals surface area contributed by atoms with E-state index < -0.39 is 0 Å². The van der Waals surface area contributed by atoms with Crippen LogP contribution in [-0.4, -0.2) is 22.3 Å². The molecule has 1 aromatic heterocycles. The van der Waals surface area contributed by atoms with Crippen LogP contribution >= 0.6 is 0 Å². The summed E-state index contributed by atoms with van der Waals surface area (Å²) >= 11 is 0. The van der Waals surface area contributed by atoms with Gasteiger partial charge in [0, 0.05) is 6.04 Å². The summed E-state index contributed by atoms with van der Waals surface area (Å²) in [5.74, 6) is 0. The molecule has 5 nitrogen and oxygen atoms in total. The summed E-state index contributed by atoms with van der Waals surface area (Å²) in [5.41, 5.74) is 2.50. The van der Waals surface area contributed by atoms with Gasteiger partial charge >= 0.3 is 6.03 Å². The lowest BCUT2D eigenvalue weighted by Gasteiger charge is -2.22. The Morgan fingerprint density at radius 2 is 2.00 bits per heavy atom. The Balaban J connectivity index is 1.88. The van der Waals surface area contributed by atoms with Crippen LogP contribution in [0.2, 0.25) is 0 Å². The highest BCUT2D eigenvalue weighted by Crippen LogP contribution is 2.18. The predicted molar refractivity (Wildman–Crippen MR) is 67.1 cm³/mol.